The van der Waals surface area contributed by atoms with Crippen molar-refractivity contribution in [1.29, 1.82) is 0 Å². The fourth-order valence-electron chi connectivity index (χ4n) is 3.09. The summed E-state index contributed by atoms with van der Waals surface area (Å²) < 4.78 is 32.3. The van der Waals surface area contributed by atoms with E-state index in [4.69, 9.17) is 9.81 Å². The van der Waals surface area contributed by atoms with E-state index in [0.717, 1.165) is 10.8 Å². The van der Waals surface area contributed by atoms with Gasteiger partial charge in [0.15, 0.2) is 11.5 Å². The van der Waals surface area contributed by atoms with Gasteiger partial charge in [0.2, 0.25) is 0 Å². The van der Waals surface area contributed by atoms with Crippen LogP contribution in [0.1, 0.15) is 17.2 Å². The first kappa shape index (κ1) is 17.9. The molecule has 140 valence electrons. The Labute approximate surface area is 159 Å². The van der Waals surface area contributed by atoms with Crippen molar-refractivity contribution in [3.63, 3.8) is 0 Å². The topological polar surface area (TPSA) is 122 Å². The summed E-state index contributed by atoms with van der Waals surface area (Å²) in [5, 5.41) is 10.6. The van der Waals surface area contributed by atoms with Gasteiger partial charge in [-0.25, -0.2) is 0 Å². The normalized spacial score (nSPS) is 16.2. The third-order valence-electron chi connectivity index (χ3n) is 4.41. The molecule has 1 atom stereocenters. The number of pyridine rings is 1. The monoisotopic (exact) mass is 395 g/mol. The number of benzene rings is 2. The first-order chi connectivity index (χ1) is 13.4. The lowest BCUT2D eigenvalue weighted by Gasteiger charge is -2.19. The summed E-state index contributed by atoms with van der Waals surface area (Å²) in [6.45, 7) is 0. The van der Waals surface area contributed by atoms with Gasteiger partial charge in [0.05, 0.1) is 5.52 Å². The summed E-state index contributed by atoms with van der Waals surface area (Å²) in [6, 6.07) is 13.9. The third kappa shape index (κ3) is 2.84. The molecule has 1 unspecified atom stereocenters. The molecule has 4 rings (SSSR count). The smallest absolute Gasteiger partial charge is 0.358 e. The molecule has 28 heavy (non-hydrogen) atoms. The molecule has 0 fully saturated rings. The number of aromatic nitrogens is 1. The molecule has 0 saturated carbocycles. The molecule has 0 spiro atoms. The van der Waals surface area contributed by atoms with Gasteiger partial charge in [-0.05, 0) is 12.1 Å². The Balaban J connectivity index is 1.87. The summed E-state index contributed by atoms with van der Waals surface area (Å²) >= 11 is 0. The zero-order chi connectivity index (χ0) is 19.9. The molecule has 3 aromatic rings. The number of fused-ring (bicyclic) bond motifs is 2. The van der Waals surface area contributed by atoms with Crippen molar-refractivity contribution in [1.82, 2.24) is 4.73 Å². The van der Waals surface area contributed by atoms with E-state index in [2.05, 4.69) is 4.79 Å². The molecule has 1 N–H and O–H groups in total. The molecule has 0 aliphatic heterocycles. The predicted molar refractivity (Wildman–Crippen MR) is 102 cm³/mol. The second kappa shape index (κ2) is 6.58. The van der Waals surface area contributed by atoms with Crippen molar-refractivity contribution < 1.29 is 22.6 Å². The van der Waals surface area contributed by atoms with E-state index in [0.29, 0.717) is 5.39 Å². The van der Waals surface area contributed by atoms with Crippen molar-refractivity contribution >= 4 is 31.6 Å². The highest BCUT2D eigenvalue weighted by Gasteiger charge is 2.36. The molecule has 0 radical (unpaired) electrons. The van der Waals surface area contributed by atoms with Crippen molar-refractivity contribution in [2.75, 3.05) is 0 Å². The van der Waals surface area contributed by atoms with Crippen LogP contribution in [0.3, 0.4) is 0 Å². The van der Waals surface area contributed by atoms with Crippen LogP contribution in [0.25, 0.3) is 21.3 Å². The number of rotatable bonds is 3. The van der Waals surface area contributed by atoms with Crippen molar-refractivity contribution in [2.45, 2.75) is 6.10 Å². The van der Waals surface area contributed by atoms with Crippen LogP contribution in [0, 0.1) is 0 Å². The van der Waals surface area contributed by atoms with Gasteiger partial charge in [-0.3, -0.25) is 9.08 Å². The highest BCUT2D eigenvalue weighted by Crippen LogP contribution is 2.34. The Morgan fingerprint density at radius 2 is 1.79 bits per heavy atom. The van der Waals surface area contributed by atoms with E-state index >= 15 is 0 Å². The molecule has 8 nitrogen and oxygen atoms in total. The van der Waals surface area contributed by atoms with Gasteiger partial charge in [0.1, 0.15) is 4.91 Å². The van der Waals surface area contributed by atoms with Crippen LogP contribution < -0.4 is 9.71 Å². The minimum absolute atomic E-state index is 0.229. The number of hydrogen-bond acceptors (Lipinski definition) is 5. The van der Waals surface area contributed by atoms with Gasteiger partial charge < -0.3 is 10.6 Å². The van der Waals surface area contributed by atoms with E-state index in [1.807, 2.05) is 0 Å². The Hall–Kier alpha value is -3.52. The average Bonchev–Trinajstić information content (AvgIpc) is 2.70. The highest BCUT2D eigenvalue weighted by atomic mass is 32.2. The van der Waals surface area contributed by atoms with Crippen LogP contribution in [0.5, 0.6) is 0 Å². The van der Waals surface area contributed by atoms with Crippen LogP contribution in [0.4, 0.5) is 0 Å². The van der Waals surface area contributed by atoms with E-state index in [-0.39, 0.29) is 32.7 Å². The quantitative estimate of drug-likeness (QED) is 0.532. The van der Waals surface area contributed by atoms with Gasteiger partial charge in [0, 0.05) is 34.9 Å². The largest absolute Gasteiger partial charge is 0.376 e. The molecule has 0 saturated heterocycles. The fraction of sp³-hybridized carbons (Fsp3) is 0.0526. The fourth-order valence-corrected chi connectivity index (χ4v) is 4.23. The lowest BCUT2D eigenvalue weighted by molar-refractivity contribution is -0.0188. The lowest BCUT2D eigenvalue weighted by atomic mass is 9.93. The molecule has 0 bridgehead atoms. The Kier molecular flexibility index (Phi) is 4.20. The first-order valence-electron chi connectivity index (χ1n) is 8.19. The van der Waals surface area contributed by atoms with Crippen molar-refractivity contribution in [3.05, 3.63) is 93.8 Å². The predicted octanol–water partition coefficient (Wildman–Crippen LogP) is 1.52. The van der Waals surface area contributed by atoms with Crippen LogP contribution in [0.2, 0.25) is 0 Å². The molecule has 1 heterocycles. The standard InChI is InChI=1S/C19H13N3O5S/c20-21-15-11-18(12-5-1-2-6-13(12)19(15)24)28(25,26)27-22-10-9-17(23)14-7-3-4-8-16(14)22/h1-11,19,24H. The van der Waals surface area contributed by atoms with E-state index in [9.17, 15) is 18.3 Å². The van der Waals surface area contributed by atoms with Gasteiger partial charge in [0.25, 0.3) is 0 Å². The zero-order valence-corrected chi connectivity index (χ0v) is 15.1. The SMILES string of the molecule is [N-]=[N+]=C1C=C(S(=O)(=O)On2ccc(=O)c3ccccc32)c2ccccc2C1O. The zero-order valence-electron chi connectivity index (χ0n) is 14.3. The lowest BCUT2D eigenvalue weighted by Crippen LogP contribution is -2.27. The highest BCUT2D eigenvalue weighted by molar-refractivity contribution is 7.96. The van der Waals surface area contributed by atoms with Crippen LogP contribution in [0.15, 0.2) is 71.7 Å². The minimum Gasteiger partial charge on any atom is -0.376 e. The molecule has 1 aliphatic carbocycles. The molecule has 2 aromatic carbocycles. The van der Waals surface area contributed by atoms with Gasteiger partial charge in [-0.1, -0.05) is 36.4 Å². The minimum atomic E-state index is -4.40. The first-order valence-corrected chi connectivity index (χ1v) is 9.59. The summed E-state index contributed by atoms with van der Waals surface area (Å²) in [5.74, 6) is 0. The molecule has 0 amide bonds. The molecular weight excluding hydrogens is 382 g/mol. The summed E-state index contributed by atoms with van der Waals surface area (Å²) in [7, 11) is -4.40. The third-order valence-corrected chi connectivity index (χ3v) is 5.64. The van der Waals surface area contributed by atoms with Crippen LogP contribution >= 0.6 is 0 Å². The number of aliphatic hydroxyl groups is 1. The number of nitrogens with zero attached hydrogens (tertiary/aromatic N) is 3. The van der Waals surface area contributed by atoms with Crippen LogP contribution in [-0.4, -0.2) is 28.8 Å². The molecule has 1 aliphatic rings. The second-order valence-corrected chi connectivity index (χ2v) is 7.57. The van der Waals surface area contributed by atoms with Crippen molar-refractivity contribution in [2.24, 2.45) is 0 Å². The number of para-hydroxylation sites is 1. The Bertz CT molecular complexity index is 1350. The summed E-state index contributed by atoms with van der Waals surface area (Å²) in [5.41, 5.74) is 9.41. The van der Waals surface area contributed by atoms with Gasteiger partial charge in [-0.2, -0.15) is 17.9 Å². The Morgan fingerprint density at radius 1 is 1.07 bits per heavy atom. The van der Waals surface area contributed by atoms with Crippen molar-refractivity contribution in [3.8, 4) is 0 Å². The molecule has 1 aromatic heterocycles. The Morgan fingerprint density at radius 3 is 2.57 bits per heavy atom. The summed E-state index contributed by atoms with van der Waals surface area (Å²) in [4.78, 5) is 14.7. The second-order valence-electron chi connectivity index (χ2n) is 6.07. The summed E-state index contributed by atoms with van der Waals surface area (Å²) in [6.07, 6.45) is 0.994. The number of hydrogen-bond donors (Lipinski definition) is 1. The number of aliphatic hydroxyl groups excluding tert-OH is 1. The molecule has 9 heteroatoms. The van der Waals surface area contributed by atoms with E-state index in [1.165, 1.54) is 24.4 Å². The van der Waals surface area contributed by atoms with Gasteiger partial charge in [-0.15, -0.1) is 0 Å². The van der Waals surface area contributed by atoms with E-state index in [1.54, 1.807) is 36.4 Å². The maximum absolute atomic E-state index is 13.0. The average molecular weight is 395 g/mol. The molecular formula is C19H13N3O5S. The van der Waals surface area contributed by atoms with Gasteiger partial charge >= 0.3 is 15.8 Å². The maximum Gasteiger partial charge on any atom is 0.358 e. The maximum atomic E-state index is 13.0. The van der Waals surface area contributed by atoms with E-state index < -0.39 is 16.2 Å². The van der Waals surface area contributed by atoms with Crippen LogP contribution in [-0.2, 0) is 10.1 Å².